The molecule has 1 aliphatic rings. The monoisotopic (exact) mass is 557 g/mol. The first-order chi connectivity index (χ1) is 19.8. The molecule has 1 aromatic heterocycles. The highest BCUT2D eigenvalue weighted by Gasteiger charge is 2.38. The van der Waals surface area contributed by atoms with Gasteiger partial charge in [0.05, 0.1) is 36.8 Å². The maximum atomic E-state index is 13.9. The second-order valence-corrected chi connectivity index (χ2v) is 9.25. The van der Waals surface area contributed by atoms with E-state index in [0.717, 1.165) is 4.90 Å². The molecule has 210 valence electrons. The van der Waals surface area contributed by atoms with E-state index in [-0.39, 0.29) is 24.6 Å². The molecule has 0 saturated heterocycles. The summed E-state index contributed by atoms with van der Waals surface area (Å²) >= 11 is 0. The highest BCUT2D eigenvalue weighted by Crippen LogP contribution is 2.33. The maximum absolute atomic E-state index is 13.9. The molecule has 0 radical (unpaired) electrons. The van der Waals surface area contributed by atoms with E-state index in [0.29, 0.717) is 23.1 Å². The molecule has 2 heterocycles. The SMILES string of the molecule is O=C[C@H](CC(=O)O)NC(=O)CN1C(=O)C(NC(=O)c2ccccc2)CN(C(=O)Cc2ccncc2)c2ccccc21. The summed E-state index contributed by atoms with van der Waals surface area (Å²) in [5, 5.41) is 14.0. The van der Waals surface area contributed by atoms with Gasteiger partial charge in [0, 0.05) is 18.0 Å². The van der Waals surface area contributed by atoms with Crippen LogP contribution >= 0.6 is 0 Å². The third kappa shape index (κ3) is 7.18. The molecule has 4 rings (SSSR count). The average molecular weight is 558 g/mol. The normalized spacial score (nSPS) is 15.2. The predicted octanol–water partition coefficient (Wildman–Crippen LogP) is 0.961. The summed E-state index contributed by atoms with van der Waals surface area (Å²) in [5.74, 6) is -3.66. The van der Waals surface area contributed by atoms with Crippen molar-refractivity contribution in [1.29, 1.82) is 0 Å². The number of carboxylic acid groups (broad SMARTS) is 1. The Hall–Kier alpha value is -5.39. The minimum absolute atomic E-state index is 0.0128. The molecule has 3 N–H and O–H groups in total. The summed E-state index contributed by atoms with van der Waals surface area (Å²) in [6, 6.07) is 15.5. The van der Waals surface area contributed by atoms with Gasteiger partial charge in [-0.3, -0.25) is 33.9 Å². The van der Waals surface area contributed by atoms with E-state index in [1.54, 1.807) is 79.1 Å². The summed E-state index contributed by atoms with van der Waals surface area (Å²) in [4.78, 5) is 82.3. The zero-order chi connectivity index (χ0) is 29.4. The predicted molar refractivity (Wildman–Crippen MR) is 147 cm³/mol. The Morgan fingerprint density at radius 3 is 2.29 bits per heavy atom. The number of carboxylic acids is 1. The molecule has 12 heteroatoms. The topological polar surface area (TPSA) is 166 Å². The number of hydrogen-bond acceptors (Lipinski definition) is 7. The Balaban J connectivity index is 1.69. The van der Waals surface area contributed by atoms with E-state index in [4.69, 9.17) is 5.11 Å². The van der Waals surface area contributed by atoms with Crippen LogP contribution in [0.1, 0.15) is 22.3 Å². The number of anilines is 2. The number of aldehydes is 1. The van der Waals surface area contributed by atoms with E-state index in [9.17, 15) is 28.8 Å². The average Bonchev–Trinajstić information content (AvgIpc) is 3.08. The summed E-state index contributed by atoms with van der Waals surface area (Å²) in [6.07, 6.45) is 2.77. The minimum atomic E-state index is -1.30. The molecule has 2 atom stereocenters. The van der Waals surface area contributed by atoms with Crippen molar-refractivity contribution in [3.8, 4) is 0 Å². The van der Waals surface area contributed by atoms with Gasteiger partial charge in [-0.05, 0) is 42.0 Å². The van der Waals surface area contributed by atoms with Crippen LogP contribution < -0.4 is 20.4 Å². The van der Waals surface area contributed by atoms with Crippen LogP contribution in [0.25, 0.3) is 0 Å². The zero-order valence-corrected chi connectivity index (χ0v) is 21.8. The standard InChI is InChI=1S/C29H27N5O7/c35-18-21(15-27(38)39)31-25(36)17-34-24-9-5-4-8-23(24)33(26(37)14-19-10-12-30-13-11-19)16-22(29(34)41)32-28(40)20-6-2-1-3-7-20/h1-13,18,21-22H,14-17H2,(H,31,36)(H,32,40)(H,38,39)/t21-,22?/m0/s1. The Bertz CT molecular complexity index is 1450. The molecular formula is C29H27N5O7. The van der Waals surface area contributed by atoms with Crippen LogP contribution in [0.5, 0.6) is 0 Å². The highest BCUT2D eigenvalue weighted by molar-refractivity contribution is 6.11. The van der Waals surface area contributed by atoms with E-state index in [1.165, 1.54) is 4.90 Å². The largest absolute Gasteiger partial charge is 0.481 e. The quantitative estimate of drug-likeness (QED) is 0.310. The van der Waals surface area contributed by atoms with Gasteiger partial charge >= 0.3 is 5.97 Å². The molecule has 1 aliphatic heterocycles. The first-order valence-electron chi connectivity index (χ1n) is 12.7. The van der Waals surface area contributed by atoms with Gasteiger partial charge in [0.2, 0.25) is 11.8 Å². The summed E-state index contributed by atoms with van der Waals surface area (Å²) in [7, 11) is 0. The second-order valence-electron chi connectivity index (χ2n) is 9.25. The Labute approximate surface area is 235 Å². The number of rotatable bonds is 10. The third-order valence-corrected chi connectivity index (χ3v) is 6.35. The lowest BCUT2D eigenvalue weighted by Gasteiger charge is -2.25. The molecule has 3 aromatic rings. The van der Waals surface area contributed by atoms with Crippen LogP contribution in [-0.4, -0.2) is 71.1 Å². The van der Waals surface area contributed by atoms with Crippen molar-refractivity contribution in [3.05, 3.63) is 90.3 Å². The number of carbonyl (C=O) groups is 6. The molecule has 2 aromatic carbocycles. The molecule has 12 nitrogen and oxygen atoms in total. The van der Waals surface area contributed by atoms with Crippen molar-refractivity contribution in [2.45, 2.75) is 24.9 Å². The number of aromatic nitrogens is 1. The summed E-state index contributed by atoms with van der Waals surface area (Å²) < 4.78 is 0. The third-order valence-electron chi connectivity index (χ3n) is 6.35. The first kappa shape index (κ1) is 28.6. The number of amides is 4. The number of para-hydroxylation sites is 2. The van der Waals surface area contributed by atoms with Gasteiger partial charge < -0.3 is 25.4 Å². The molecule has 0 spiro atoms. The van der Waals surface area contributed by atoms with Gasteiger partial charge in [-0.25, -0.2) is 0 Å². The van der Waals surface area contributed by atoms with E-state index < -0.39 is 48.7 Å². The van der Waals surface area contributed by atoms with Crippen LogP contribution in [0.15, 0.2) is 79.1 Å². The Kier molecular flexibility index (Phi) is 9.15. The Morgan fingerprint density at radius 1 is 0.976 bits per heavy atom. The fourth-order valence-corrected chi connectivity index (χ4v) is 4.41. The van der Waals surface area contributed by atoms with Crippen molar-refractivity contribution in [2.75, 3.05) is 22.9 Å². The number of benzene rings is 2. The fraction of sp³-hybridized carbons (Fsp3) is 0.207. The van der Waals surface area contributed by atoms with Crippen LogP contribution in [0.3, 0.4) is 0 Å². The van der Waals surface area contributed by atoms with Gasteiger partial charge in [-0.1, -0.05) is 30.3 Å². The van der Waals surface area contributed by atoms with Crippen LogP contribution in [0.4, 0.5) is 11.4 Å². The smallest absolute Gasteiger partial charge is 0.305 e. The van der Waals surface area contributed by atoms with Crippen molar-refractivity contribution in [3.63, 3.8) is 0 Å². The molecule has 1 unspecified atom stereocenters. The van der Waals surface area contributed by atoms with Crippen molar-refractivity contribution in [2.24, 2.45) is 0 Å². The molecule has 0 aliphatic carbocycles. The van der Waals surface area contributed by atoms with Crippen molar-refractivity contribution in [1.82, 2.24) is 15.6 Å². The molecule has 41 heavy (non-hydrogen) atoms. The van der Waals surface area contributed by atoms with Gasteiger partial charge in [-0.15, -0.1) is 0 Å². The zero-order valence-electron chi connectivity index (χ0n) is 21.8. The van der Waals surface area contributed by atoms with Crippen LogP contribution in [0, 0.1) is 0 Å². The van der Waals surface area contributed by atoms with Gasteiger partial charge in [0.15, 0.2) is 0 Å². The van der Waals surface area contributed by atoms with Gasteiger partial charge in [-0.2, -0.15) is 0 Å². The lowest BCUT2D eigenvalue weighted by atomic mass is 10.1. The van der Waals surface area contributed by atoms with Gasteiger partial charge in [0.1, 0.15) is 18.9 Å². The number of aliphatic carboxylic acids is 1. The summed E-state index contributed by atoms with van der Waals surface area (Å²) in [6.45, 7) is -0.809. The van der Waals surface area contributed by atoms with E-state index >= 15 is 0 Å². The number of carbonyl (C=O) groups excluding carboxylic acids is 5. The molecular weight excluding hydrogens is 530 g/mol. The van der Waals surface area contributed by atoms with Crippen molar-refractivity contribution >= 4 is 47.3 Å². The lowest BCUT2D eigenvalue weighted by Crippen LogP contribution is -2.54. The van der Waals surface area contributed by atoms with E-state index in [1.807, 2.05) is 0 Å². The number of nitrogens with one attached hydrogen (secondary N) is 2. The number of hydrogen-bond donors (Lipinski definition) is 3. The highest BCUT2D eigenvalue weighted by atomic mass is 16.4. The maximum Gasteiger partial charge on any atom is 0.305 e. The lowest BCUT2D eigenvalue weighted by molar-refractivity contribution is -0.139. The first-order valence-corrected chi connectivity index (χ1v) is 12.7. The molecule has 0 saturated carbocycles. The number of pyridine rings is 1. The minimum Gasteiger partial charge on any atom is -0.481 e. The number of fused-ring (bicyclic) bond motifs is 1. The van der Waals surface area contributed by atoms with Gasteiger partial charge in [0.25, 0.3) is 11.8 Å². The molecule has 0 fully saturated rings. The second kappa shape index (κ2) is 13.1. The fourth-order valence-electron chi connectivity index (χ4n) is 4.41. The van der Waals surface area contributed by atoms with E-state index in [2.05, 4.69) is 15.6 Å². The van der Waals surface area contributed by atoms with Crippen LogP contribution in [-0.2, 0) is 30.4 Å². The molecule has 4 amide bonds. The van der Waals surface area contributed by atoms with Crippen molar-refractivity contribution < 1.29 is 33.9 Å². The molecule has 0 bridgehead atoms. The summed E-state index contributed by atoms with van der Waals surface area (Å²) in [5.41, 5.74) is 1.55. The van der Waals surface area contributed by atoms with Crippen LogP contribution in [0.2, 0.25) is 0 Å². The Morgan fingerprint density at radius 2 is 1.63 bits per heavy atom. The number of nitrogens with zero attached hydrogens (tertiary/aromatic N) is 3.